The molecule has 182 valence electrons. The standard InChI is InChI=1S/C16H20FN7O2.C7H11N/c1-9-21-12(15(18)23-24(2)19)7-13(22-9)16(25)20-8-10-4-5-11(17)14(6-10)26-3;8-6-7-4-2-1-3-5-7/h4-7H,8,19H2,1-3H3,(H2,18,23)(H,20,25);7H,1-5H2. The Morgan fingerprint density at radius 3 is 2.56 bits per heavy atom. The van der Waals surface area contributed by atoms with Crippen molar-refractivity contribution in [1.29, 1.82) is 5.26 Å². The van der Waals surface area contributed by atoms with Crippen molar-refractivity contribution in [3.63, 3.8) is 0 Å². The van der Waals surface area contributed by atoms with Crippen LogP contribution < -0.4 is 21.6 Å². The molecule has 0 unspecified atom stereocenters. The Labute approximate surface area is 198 Å². The largest absolute Gasteiger partial charge is 0.494 e. The van der Waals surface area contributed by atoms with Gasteiger partial charge in [-0.3, -0.25) is 4.79 Å². The number of amides is 1. The van der Waals surface area contributed by atoms with Crippen LogP contribution in [0.3, 0.4) is 0 Å². The summed E-state index contributed by atoms with van der Waals surface area (Å²) in [6, 6.07) is 8.05. The quantitative estimate of drug-likeness (QED) is 0.251. The number of nitrogens with zero attached hydrogens (tertiary/aromatic N) is 5. The number of carbonyl (C=O) groups excluding carboxylic acids is 1. The van der Waals surface area contributed by atoms with Gasteiger partial charge in [-0.2, -0.15) is 5.26 Å². The predicted octanol–water partition coefficient (Wildman–Crippen LogP) is 2.38. The van der Waals surface area contributed by atoms with Gasteiger partial charge in [0.25, 0.3) is 5.91 Å². The van der Waals surface area contributed by atoms with Crippen LogP contribution in [-0.2, 0) is 6.54 Å². The molecule has 3 rings (SSSR count). The van der Waals surface area contributed by atoms with Gasteiger partial charge >= 0.3 is 0 Å². The molecule has 1 aliphatic rings. The number of benzene rings is 1. The van der Waals surface area contributed by atoms with E-state index in [4.69, 9.17) is 21.6 Å². The van der Waals surface area contributed by atoms with Crippen molar-refractivity contribution < 1.29 is 13.9 Å². The van der Waals surface area contributed by atoms with Crippen molar-refractivity contribution in [2.75, 3.05) is 14.2 Å². The van der Waals surface area contributed by atoms with Gasteiger partial charge in [0.1, 0.15) is 17.2 Å². The number of nitrogens with two attached hydrogens (primary N) is 2. The van der Waals surface area contributed by atoms with Gasteiger partial charge < -0.3 is 15.8 Å². The van der Waals surface area contributed by atoms with Crippen molar-refractivity contribution in [2.45, 2.75) is 45.6 Å². The van der Waals surface area contributed by atoms with Gasteiger partial charge in [-0.05, 0) is 43.5 Å². The summed E-state index contributed by atoms with van der Waals surface area (Å²) in [5.74, 6) is 5.41. The average Bonchev–Trinajstić information content (AvgIpc) is 2.83. The van der Waals surface area contributed by atoms with E-state index in [1.807, 2.05) is 0 Å². The first kappa shape index (κ1) is 26.5. The third-order valence-electron chi connectivity index (χ3n) is 5.05. The SMILES string of the molecule is COc1cc(CNC(=O)c2cc(/C(N)=N/N(C)N)nc(C)n2)ccc1F.N#CC1CCCCC1. The topological polar surface area (TPSA) is 156 Å². The normalized spacial score (nSPS) is 13.8. The summed E-state index contributed by atoms with van der Waals surface area (Å²) in [5, 5.41) is 16.0. The highest BCUT2D eigenvalue weighted by atomic mass is 19.1. The highest BCUT2D eigenvalue weighted by Crippen LogP contribution is 2.22. The summed E-state index contributed by atoms with van der Waals surface area (Å²) in [6.45, 7) is 1.80. The third kappa shape index (κ3) is 8.29. The number of hydrazone groups is 1. The molecule has 0 aliphatic heterocycles. The zero-order valence-corrected chi connectivity index (χ0v) is 19.7. The lowest BCUT2D eigenvalue weighted by Crippen LogP contribution is -2.28. The van der Waals surface area contributed by atoms with Gasteiger partial charge in [-0.1, -0.05) is 25.3 Å². The number of halogens is 1. The first-order valence-corrected chi connectivity index (χ1v) is 10.9. The number of nitriles is 1. The number of rotatable bonds is 6. The van der Waals surface area contributed by atoms with Crippen LogP contribution in [0.25, 0.3) is 0 Å². The number of amidine groups is 1. The van der Waals surface area contributed by atoms with E-state index in [1.54, 1.807) is 13.0 Å². The Kier molecular flexibility index (Phi) is 10.2. The number of hydrogen-bond acceptors (Lipinski definition) is 8. The minimum absolute atomic E-state index is 0.0535. The van der Waals surface area contributed by atoms with E-state index in [1.165, 1.54) is 51.6 Å². The zero-order chi connectivity index (χ0) is 25.1. The monoisotopic (exact) mass is 470 g/mol. The van der Waals surface area contributed by atoms with Gasteiger partial charge in [0.05, 0.1) is 13.2 Å². The number of aromatic nitrogens is 2. The number of hydrazine groups is 1. The Balaban J connectivity index is 0.000000430. The minimum Gasteiger partial charge on any atom is -0.494 e. The summed E-state index contributed by atoms with van der Waals surface area (Å²) < 4.78 is 18.3. The van der Waals surface area contributed by atoms with Crippen LogP contribution in [-0.4, -0.2) is 41.0 Å². The predicted molar refractivity (Wildman–Crippen MR) is 126 cm³/mol. The number of aryl methyl sites for hydroxylation is 1. The average molecular weight is 471 g/mol. The molecule has 0 bridgehead atoms. The minimum atomic E-state index is -0.474. The molecule has 0 radical (unpaired) electrons. The second-order valence-corrected chi connectivity index (χ2v) is 7.86. The van der Waals surface area contributed by atoms with E-state index >= 15 is 0 Å². The number of ether oxygens (including phenoxy) is 1. The second kappa shape index (κ2) is 13.1. The van der Waals surface area contributed by atoms with Crippen LogP contribution in [0, 0.1) is 30.0 Å². The fraction of sp³-hybridized carbons (Fsp3) is 0.435. The maximum absolute atomic E-state index is 13.4. The van der Waals surface area contributed by atoms with Crippen LogP contribution >= 0.6 is 0 Å². The number of nitrogens with one attached hydrogen (secondary N) is 1. The number of methoxy groups -OCH3 is 1. The molecule has 1 aromatic carbocycles. The van der Waals surface area contributed by atoms with Gasteiger partial charge in [-0.15, -0.1) is 5.10 Å². The van der Waals surface area contributed by atoms with E-state index in [9.17, 15) is 9.18 Å². The summed E-state index contributed by atoms with van der Waals surface area (Å²) in [7, 11) is 2.88. The number of carbonyl (C=O) groups is 1. The van der Waals surface area contributed by atoms with Crippen molar-refractivity contribution >= 4 is 11.7 Å². The Morgan fingerprint density at radius 2 is 1.97 bits per heavy atom. The fourth-order valence-corrected chi connectivity index (χ4v) is 3.36. The van der Waals surface area contributed by atoms with Crippen molar-refractivity contribution in [3.05, 3.63) is 52.9 Å². The summed E-state index contributed by atoms with van der Waals surface area (Å²) in [6.07, 6.45) is 6.20. The first-order valence-electron chi connectivity index (χ1n) is 10.9. The molecule has 0 spiro atoms. The molecule has 10 nitrogen and oxygen atoms in total. The molecular weight excluding hydrogens is 439 g/mol. The Morgan fingerprint density at radius 1 is 1.29 bits per heavy atom. The molecule has 34 heavy (non-hydrogen) atoms. The van der Waals surface area contributed by atoms with Crippen LogP contribution in [0.1, 0.15) is 59.7 Å². The van der Waals surface area contributed by atoms with Gasteiger partial charge in [0, 0.05) is 19.5 Å². The lowest BCUT2D eigenvalue weighted by molar-refractivity contribution is 0.0945. The molecule has 1 saturated carbocycles. The van der Waals surface area contributed by atoms with E-state index in [0.29, 0.717) is 17.3 Å². The van der Waals surface area contributed by atoms with Crippen LogP contribution in [0.15, 0.2) is 29.4 Å². The molecule has 1 amide bonds. The molecule has 1 aromatic heterocycles. The highest BCUT2D eigenvalue weighted by Gasteiger charge is 2.13. The Bertz CT molecular complexity index is 1050. The maximum Gasteiger partial charge on any atom is 0.270 e. The van der Waals surface area contributed by atoms with Crippen molar-refractivity contribution in [2.24, 2.45) is 22.6 Å². The summed E-state index contributed by atoms with van der Waals surface area (Å²) >= 11 is 0. The maximum atomic E-state index is 13.4. The second-order valence-electron chi connectivity index (χ2n) is 7.86. The van der Waals surface area contributed by atoms with Crippen LogP contribution in [0.2, 0.25) is 0 Å². The smallest absolute Gasteiger partial charge is 0.270 e. The lowest BCUT2D eigenvalue weighted by atomic mass is 9.91. The van der Waals surface area contributed by atoms with E-state index in [2.05, 4.69) is 26.5 Å². The van der Waals surface area contributed by atoms with Crippen molar-refractivity contribution in [3.8, 4) is 11.8 Å². The lowest BCUT2D eigenvalue weighted by Gasteiger charge is -2.13. The molecule has 2 aromatic rings. The first-order chi connectivity index (χ1) is 16.2. The molecule has 11 heteroatoms. The zero-order valence-electron chi connectivity index (χ0n) is 19.7. The molecular formula is C23H31FN8O2. The van der Waals surface area contributed by atoms with Crippen molar-refractivity contribution in [1.82, 2.24) is 20.4 Å². The Hall–Kier alpha value is -3.78. The molecule has 5 N–H and O–H groups in total. The molecule has 0 saturated heterocycles. The summed E-state index contributed by atoms with van der Waals surface area (Å²) in [4.78, 5) is 20.6. The highest BCUT2D eigenvalue weighted by molar-refractivity contribution is 5.99. The fourth-order valence-electron chi connectivity index (χ4n) is 3.36. The van der Waals surface area contributed by atoms with Gasteiger partial charge in [0.15, 0.2) is 17.4 Å². The van der Waals surface area contributed by atoms with Gasteiger partial charge in [0.2, 0.25) is 0 Å². The number of hydrogen-bond donors (Lipinski definition) is 3. The van der Waals surface area contributed by atoms with E-state index in [-0.39, 0.29) is 29.5 Å². The summed E-state index contributed by atoms with van der Waals surface area (Å²) in [5.41, 5.74) is 6.88. The van der Waals surface area contributed by atoms with E-state index in [0.717, 1.165) is 18.0 Å². The molecule has 1 heterocycles. The van der Waals surface area contributed by atoms with E-state index < -0.39 is 11.7 Å². The third-order valence-corrected chi connectivity index (χ3v) is 5.05. The van der Waals surface area contributed by atoms with Gasteiger partial charge in [-0.25, -0.2) is 25.3 Å². The van der Waals surface area contributed by atoms with Crippen LogP contribution in [0.4, 0.5) is 4.39 Å². The van der Waals surface area contributed by atoms with Crippen LogP contribution in [0.5, 0.6) is 5.75 Å². The molecule has 1 aliphatic carbocycles. The molecule has 1 fully saturated rings. The molecule has 0 atom stereocenters.